The summed E-state index contributed by atoms with van der Waals surface area (Å²) in [5.74, 6) is -2.36. The van der Waals surface area contributed by atoms with E-state index < -0.39 is 11.9 Å². The van der Waals surface area contributed by atoms with Gasteiger partial charge in [0.25, 0.3) is 0 Å². The molecule has 3 heteroatoms. The van der Waals surface area contributed by atoms with Crippen LogP contribution in [0.2, 0.25) is 0 Å². The minimum Gasteiger partial charge on any atom is -0.549 e. The van der Waals surface area contributed by atoms with Crippen molar-refractivity contribution in [1.29, 1.82) is 0 Å². The van der Waals surface area contributed by atoms with Crippen molar-refractivity contribution in [2.24, 2.45) is 11.8 Å². The van der Waals surface area contributed by atoms with E-state index in [1.807, 2.05) is 6.92 Å². The average molecular weight is 283 g/mol. The number of unbranched alkanes of at least 4 members (excludes halogenated alkanes) is 6. The molecule has 0 rings (SSSR count). The van der Waals surface area contributed by atoms with E-state index >= 15 is 0 Å². The molecular weight excluding hydrogens is 252 g/mol. The zero-order valence-corrected chi connectivity index (χ0v) is 13.5. The van der Waals surface area contributed by atoms with Gasteiger partial charge in [-0.25, -0.2) is 0 Å². The molecule has 118 valence electrons. The van der Waals surface area contributed by atoms with Crippen LogP contribution in [0.25, 0.3) is 0 Å². The van der Waals surface area contributed by atoms with E-state index in [0.717, 1.165) is 44.9 Å². The zero-order valence-electron chi connectivity index (χ0n) is 13.5. The van der Waals surface area contributed by atoms with E-state index in [-0.39, 0.29) is 11.7 Å². The Morgan fingerprint density at radius 1 is 0.850 bits per heavy atom. The normalized spacial score (nSPS) is 13.9. The predicted octanol–water partition coefficient (Wildman–Crippen LogP) is 3.50. The van der Waals surface area contributed by atoms with E-state index in [1.165, 1.54) is 12.8 Å². The summed E-state index contributed by atoms with van der Waals surface area (Å²) in [5.41, 5.74) is 0. The summed E-state index contributed by atoms with van der Waals surface area (Å²) in [6.45, 7) is 6.12. The van der Waals surface area contributed by atoms with Gasteiger partial charge >= 0.3 is 0 Å². The second kappa shape index (κ2) is 11.9. The van der Waals surface area contributed by atoms with Gasteiger partial charge in [-0.2, -0.15) is 0 Å². The second-order valence-corrected chi connectivity index (χ2v) is 5.87. The smallest absolute Gasteiger partial charge is 0.144 e. The van der Waals surface area contributed by atoms with Crippen molar-refractivity contribution in [3.8, 4) is 0 Å². The zero-order chi connectivity index (χ0) is 15.4. The van der Waals surface area contributed by atoms with Crippen LogP contribution in [-0.4, -0.2) is 11.8 Å². The van der Waals surface area contributed by atoms with Gasteiger partial charge in [-0.1, -0.05) is 72.1 Å². The van der Waals surface area contributed by atoms with Crippen LogP contribution >= 0.6 is 0 Å². The molecule has 2 unspecified atom stereocenters. The fourth-order valence-electron chi connectivity index (χ4n) is 2.51. The molecule has 0 heterocycles. The average Bonchev–Trinajstić information content (AvgIpc) is 2.42. The van der Waals surface area contributed by atoms with Crippen molar-refractivity contribution in [2.75, 3.05) is 0 Å². The summed E-state index contributed by atoms with van der Waals surface area (Å²) in [4.78, 5) is 23.3. The third kappa shape index (κ3) is 8.34. The third-order valence-corrected chi connectivity index (χ3v) is 3.95. The molecule has 0 aliphatic rings. The number of hydrogen-bond acceptors (Lipinski definition) is 3. The number of hydrogen-bond donors (Lipinski definition) is 0. The Bertz CT molecular complexity index is 273. The standard InChI is InChI=1S/C17H32O3/c1-4-6-8-10-12-14(3)16(18)15(17(19)20)13-11-9-7-5-2/h14-15H,4-13H2,1-3H3,(H,19,20)/p-1. The van der Waals surface area contributed by atoms with Crippen molar-refractivity contribution in [3.63, 3.8) is 0 Å². The maximum atomic E-state index is 12.2. The van der Waals surface area contributed by atoms with E-state index in [9.17, 15) is 14.7 Å². The van der Waals surface area contributed by atoms with Crippen LogP contribution in [0.5, 0.6) is 0 Å². The number of carbonyl (C=O) groups is 2. The monoisotopic (exact) mass is 283 g/mol. The molecule has 0 N–H and O–H groups in total. The summed E-state index contributed by atoms with van der Waals surface area (Å²) in [7, 11) is 0. The summed E-state index contributed by atoms with van der Waals surface area (Å²) in [5, 5.41) is 11.2. The Morgan fingerprint density at radius 3 is 1.80 bits per heavy atom. The molecule has 0 saturated heterocycles. The highest BCUT2D eigenvalue weighted by Gasteiger charge is 2.24. The lowest BCUT2D eigenvalue weighted by atomic mass is 9.87. The molecule has 2 atom stereocenters. The SMILES string of the molecule is CCCCCCC(C)C(=O)C(CCCCCC)C(=O)[O-]. The van der Waals surface area contributed by atoms with Crippen LogP contribution in [0.15, 0.2) is 0 Å². The number of rotatable bonds is 13. The highest BCUT2D eigenvalue weighted by molar-refractivity contribution is 5.98. The number of carboxylic acid groups (broad SMARTS) is 1. The van der Waals surface area contributed by atoms with Gasteiger partial charge < -0.3 is 9.90 Å². The molecule has 3 nitrogen and oxygen atoms in total. The minimum atomic E-state index is -1.19. The molecule has 0 aromatic heterocycles. The molecule has 0 amide bonds. The molecule has 0 saturated carbocycles. The number of ketones is 1. The van der Waals surface area contributed by atoms with Crippen molar-refractivity contribution < 1.29 is 14.7 Å². The Balaban J connectivity index is 4.15. The van der Waals surface area contributed by atoms with Gasteiger partial charge in [0.2, 0.25) is 0 Å². The molecule has 0 fully saturated rings. The highest BCUT2D eigenvalue weighted by atomic mass is 16.4. The Kier molecular flexibility index (Phi) is 11.4. The first-order chi connectivity index (χ1) is 9.54. The lowest BCUT2D eigenvalue weighted by molar-refractivity contribution is -0.310. The van der Waals surface area contributed by atoms with Crippen LogP contribution in [0.3, 0.4) is 0 Å². The van der Waals surface area contributed by atoms with Crippen molar-refractivity contribution in [3.05, 3.63) is 0 Å². The van der Waals surface area contributed by atoms with E-state index in [2.05, 4.69) is 13.8 Å². The number of aliphatic carboxylic acids is 1. The molecule has 0 radical (unpaired) electrons. The summed E-state index contributed by atoms with van der Waals surface area (Å²) in [6.07, 6.45) is 9.75. The lowest BCUT2D eigenvalue weighted by Crippen LogP contribution is -2.38. The minimum absolute atomic E-state index is 0.127. The Hall–Kier alpha value is -0.860. The van der Waals surface area contributed by atoms with Gasteiger partial charge in [0, 0.05) is 5.92 Å². The highest BCUT2D eigenvalue weighted by Crippen LogP contribution is 2.20. The molecular formula is C17H31O3-. The number of carbonyl (C=O) groups excluding carboxylic acids is 2. The van der Waals surface area contributed by atoms with E-state index in [1.54, 1.807) is 0 Å². The number of carboxylic acids is 1. The molecule has 0 aliphatic heterocycles. The van der Waals surface area contributed by atoms with Crippen molar-refractivity contribution in [2.45, 2.75) is 85.0 Å². The van der Waals surface area contributed by atoms with Crippen LogP contribution in [0.4, 0.5) is 0 Å². The van der Waals surface area contributed by atoms with Crippen LogP contribution < -0.4 is 5.11 Å². The van der Waals surface area contributed by atoms with Gasteiger partial charge in [-0.3, -0.25) is 4.79 Å². The predicted molar refractivity (Wildman–Crippen MR) is 80.2 cm³/mol. The molecule has 20 heavy (non-hydrogen) atoms. The molecule has 0 aromatic carbocycles. The van der Waals surface area contributed by atoms with E-state index in [0.29, 0.717) is 6.42 Å². The summed E-state index contributed by atoms with van der Waals surface area (Å²) >= 11 is 0. The quantitative estimate of drug-likeness (QED) is 0.384. The molecule has 0 aromatic rings. The first-order valence-corrected chi connectivity index (χ1v) is 8.29. The second-order valence-electron chi connectivity index (χ2n) is 5.87. The fourth-order valence-corrected chi connectivity index (χ4v) is 2.51. The van der Waals surface area contributed by atoms with Gasteiger partial charge in [-0.15, -0.1) is 0 Å². The maximum Gasteiger partial charge on any atom is 0.144 e. The van der Waals surface area contributed by atoms with Gasteiger partial charge in [0.05, 0.1) is 11.9 Å². The van der Waals surface area contributed by atoms with Crippen LogP contribution in [-0.2, 0) is 9.59 Å². The largest absolute Gasteiger partial charge is 0.549 e. The van der Waals surface area contributed by atoms with E-state index in [4.69, 9.17) is 0 Å². The molecule has 0 aliphatic carbocycles. The van der Waals surface area contributed by atoms with Gasteiger partial charge in [-0.05, 0) is 12.8 Å². The van der Waals surface area contributed by atoms with Crippen molar-refractivity contribution in [1.82, 2.24) is 0 Å². The van der Waals surface area contributed by atoms with Gasteiger partial charge in [0.1, 0.15) is 5.78 Å². The summed E-state index contributed by atoms with van der Waals surface area (Å²) in [6, 6.07) is 0. The lowest BCUT2D eigenvalue weighted by Gasteiger charge is -2.20. The first kappa shape index (κ1) is 19.1. The van der Waals surface area contributed by atoms with Crippen LogP contribution in [0, 0.1) is 11.8 Å². The van der Waals surface area contributed by atoms with Crippen molar-refractivity contribution >= 4 is 11.8 Å². The van der Waals surface area contributed by atoms with Crippen LogP contribution in [0.1, 0.15) is 85.0 Å². The molecule has 0 spiro atoms. The Labute approximate surface area is 124 Å². The molecule has 0 bridgehead atoms. The van der Waals surface area contributed by atoms with Gasteiger partial charge in [0.15, 0.2) is 0 Å². The third-order valence-electron chi connectivity index (χ3n) is 3.95. The summed E-state index contributed by atoms with van der Waals surface area (Å²) < 4.78 is 0. The maximum absolute atomic E-state index is 12.2. The number of Topliss-reactive ketones (excluding diaryl/α,β-unsaturated/α-hetero) is 1. The Morgan fingerprint density at radius 2 is 1.35 bits per heavy atom. The fraction of sp³-hybridized carbons (Fsp3) is 0.882. The first-order valence-electron chi connectivity index (χ1n) is 8.29. The topological polar surface area (TPSA) is 57.2 Å².